The van der Waals surface area contributed by atoms with Crippen LogP contribution in [0.5, 0.6) is 0 Å². The van der Waals surface area contributed by atoms with E-state index in [-0.39, 0.29) is 12.1 Å². The minimum atomic E-state index is -0.303. The summed E-state index contributed by atoms with van der Waals surface area (Å²) in [6.45, 7) is 7.63. The molecule has 1 unspecified atom stereocenters. The summed E-state index contributed by atoms with van der Waals surface area (Å²) in [4.78, 5) is 12.0. The predicted octanol–water partition coefficient (Wildman–Crippen LogP) is -1.14. The number of quaternary nitrogens is 1. The fourth-order valence-electron chi connectivity index (χ4n) is 1.44. The van der Waals surface area contributed by atoms with Gasteiger partial charge in [-0.05, 0) is 12.8 Å². The maximum Gasteiger partial charge on any atom is 0.303 e. The second kappa shape index (κ2) is 6.44. The van der Waals surface area contributed by atoms with Gasteiger partial charge in [0.15, 0.2) is 6.10 Å². The van der Waals surface area contributed by atoms with Gasteiger partial charge in [-0.15, -0.1) is 0 Å². The smallest absolute Gasteiger partial charge is 0.303 e. The summed E-state index contributed by atoms with van der Waals surface area (Å²) < 4.78 is 10.1. The molecule has 1 saturated heterocycles. The van der Waals surface area contributed by atoms with E-state index in [1.165, 1.54) is 11.8 Å². The maximum atomic E-state index is 10.6. The number of esters is 1. The van der Waals surface area contributed by atoms with Gasteiger partial charge in [-0.3, -0.25) is 4.79 Å². The van der Waals surface area contributed by atoms with Crippen LogP contribution in [0, 0.1) is 11.8 Å². The Balaban J connectivity index is 2.22. The monoisotopic (exact) mass is 212 g/mol. The lowest BCUT2D eigenvalue weighted by Gasteiger charge is -2.21. The summed E-state index contributed by atoms with van der Waals surface area (Å²) in [7, 11) is 0. The molecule has 1 heterocycles. The first-order valence-corrected chi connectivity index (χ1v) is 5.25. The molecule has 0 aromatic rings. The summed E-state index contributed by atoms with van der Waals surface area (Å²) in [5, 5.41) is 0. The van der Waals surface area contributed by atoms with E-state index in [4.69, 9.17) is 9.47 Å². The van der Waals surface area contributed by atoms with Crippen LogP contribution in [0.1, 0.15) is 13.8 Å². The predicted molar refractivity (Wildman–Crippen MR) is 55.4 cm³/mol. The largest absolute Gasteiger partial charge is 0.450 e. The molecular formula is C11H18NO3+. The standard InChI is InChI=1S/C11H17NO3/c1-10(15-11(2)13)4-3-5-12-6-8-14-9-7-12/h10H,5-9H2,1-2H3/p+1. The number of ether oxygens (including phenoxy) is 2. The molecule has 0 amide bonds. The zero-order valence-electron chi connectivity index (χ0n) is 9.34. The van der Waals surface area contributed by atoms with Gasteiger partial charge in [-0.2, -0.15) is 0 Å². The van der Waals surface area contributed by atoms with E-state index < -0.39 is 0 Å². The summed E-state index contributed by atoms with van der Waals surface area (Å²) >= 11 is 0. The summed E-state index contributed by atoms with van der Waals surface area (Å²) in [5.41, 5.74) is 0. The molecule has 1 fully saturated rings. The Morgan fingerprint density at radius 3 is 2.80 bits per heavy atom. The molecule has 1 rings (SSSR count). The van der Waals surface area contributed by atoms with Gasteiger partial charge in [-0.25, -0.2) is 0 Å². The van der Waals surface area contributed by atoms with Gasteiger partial charge in [-0.1, -0.05) is 5.92 Å². The van der Waals surface area contributed by atoms with Crippen molar-refractivity contribution in [2.75, 3.05) is 32.8 Å². The lowest BCUT2D eigenvalue weighted by Crippen LogP contribution is -3.14. The lowest BCUT2D eigenvalue weighted by atomic mass is 10.3. The minimum Gasteiger partial charge on any atom is -0.450 e. The summed E-state index contributed by atoms with van der Waals surface area (Å²) in [6, 6.07) is 0. The minimum absolute atomic E-state index is 0.282. The lowest BCUT2D eigenvalue weighted by molar-refractivity contribution is -0.900. The van der Waals surface area contributed by atoms with Crippen molar-refractivity contribution in [1.29, 1.82) is 0 Å². The number of morpholine rings is 1. The highest BCUT2D eigenvalue weighted by Gasteiger charge is 2.11. The van der Waals surface area contributed by atoms with Gasteiger partial charge in [0, 0.05) is 6.92 Å². The molecule has 1 aliphatic heterocycles. The van der Waals surface area contributed by atoms with Gasteiger partial charge in [0.1, 0.15) is 19.6 Å². The molecule has 1 atom stereocenters. The molecule has 0 bridgehead atoms. The zero-order valence-corrected chi connectivity index (χ0v) is 9.34. The van der Waals surface area contributed by atoms with Crippen molar-refractivity contribution >= 4 is 5.97 Å². The molecule has 15 heavy (non-hydrogen) atoms. The van der Waals surface area contributed by atoms with E-state index in [1.807, 2.05) is 0 Å². The van der Waals surface area contributed by atoms with Crippen molar-refractivity contribution in [3.63, 3.8) is 0 Å². The first-order chi connectivity index (χ1) is 7.18. The number of hydrogen-bond acceptors (Lipinski definition) is 3. The average Bonchev–Trinajstić information content (AvgIpc) is 2.18. The van der Waals surface area contributed by atoms with E-state index in [2.05, 4.69) is 11.8 Å². The highest BCUT2D eigenvalue weighted by molar-refractivity contribution is 5.66. The molecular weight excluding hydrogens is 194 g/mol. The van der Waals surface area contributed by atoms with Crippen molar-refractivity contribution < 1.29 is 19.2 Å². The van der Waals surface area contributed by atoms with Crippen LogP contribution in [0.15, 0.2) is 0 Å². The molecule has 4 nitrogen and oxygen atoms in total. The van der Waals surface area contributed by atoms with E-state index in [0.717, 1.165) is 32.8 Å². The van der Waals surface area contributed by atoms with Crippen LogP contribution < -0.4 is 4.90 Å². The van der Waals surface area contributed by atoms with Crippen LogP contribution in [-0.2, 0) is 14.3 Å². The highest BCUT2D eigenvalue weighted by atomic mass is 16.5. The van der Waals surface area contributed by atoms with Gasteiger partial charge in [0.25, 0.3) is 0 Å². The first-order valence-electron chi connectivity index (χ1n) is 5.25. The van der Waals surface area contributed by atoms with Gasteiger partial charge >= 0.3 is 5.97 Å². The fourth-order valence-corrected chi connectivity index (χ4v) is 1.44. The molecule has 0 radical (unpaired) electrons. The Labute approximate surface area is 90.5 Å². The van der Waals surface area contributed by atoms with Crippen molar-refractivity contribution in [2.45, 2.75) is 20.0 Å². The maximum absolute atomic E-state index is 10.6. The second-order valence-electron chi connectivity index (χ2n) is 3.61. The fraction of sp³-hybridized carbons (Fsp3) is 0.727. The van der Waals surface area contributed by atoms with Crippen LogP contribution in [0.4, 0.5) is 0 Å². The van der Waals surface area contributed by atoms with Gasteiger partial charge in [0.2, 0.25) is 0 Å². The van der Waals surface area contributed by atoms with Crippen molar-refractivity contribution in [3.05, 3.63) is 0 Å². The van der Waals surface area contributed by atoms with Crippen molar-refractivity contribution in [1.82, 2.24) is 0 Å². The van der Waals surface area contributed by atoms with E-state index >= 15 is 0 Å². The highest BCUT2D eigenvalue weighted by Crippen LogP contribution is 1.87. The Hall–Kier alpha value is -1.05. The molecule has 84 valence electrons. The SMILES string of the molecule is CC(=O)OC(C)C#CC[NH+]1CCOCC1. The summed E-state index contributed by atoms with van der Waals surface area (Å²) in [6.07, 6.45) is -0.303. The third-order valence-corrected chi connectivity index (χ3v) is 2.19. The number of carbonyl (C=O) groups is 1. The molecule has 0 saturated carbocycles. The number of nitrogens with one attached hydrogen (secondary N) is 1. The molecule has 1 N–H and O–H groups in total. The molecule has 0 aromatic carbocycles. The number of hydrogen-bond donors (Lipinski definition) is 1. The van der Waals surface area contributed by atoms with Crippen LogP contribution in [0.25, 0.3) is 0 Å². The van der Waals surface area contributed by atoms with Gasteiger partial charge in [0.05, 0.1) is 13.2 Å². The van der Waals surface area contributed by atoms with E-state index in [1.54, 1.807) is 6.92 Å². The molecule has 1 aliphatic rings. The Kier molecular flexibility index (Phi) is 5.16. The van der Waals surface area contributed by atoms with Crippen LogP contribution in [0.2, 0.25) is 0 Å². The number of rotatable bonds is 2. The van der Waals surface area contributed by atoms with Crippen molar-refractivity contribution in [3.8, 4) is 11.8 Å². The zero-order chi connectivity index (χ0) is 11.1. The second-order valence-corrected chi connectivity index (χ2v) is 3.61. The van der Waals surface area contributed by atoms with Crippen LogP contribution >= 0.6 is 0 Å². The van der Waals surface area contributed by atoms with Crippen molar-refractivity contribution in [2.24, 2.45) is 0 Å². The van der Waals surface area contributed by atoms with E-state index in [0.29, 0.717) is 0 Å². The Morgan fingerprint density at radius 2 is 2.20 bits per heavy atom. The molecule has 4 heteroatoms. The quantitative estimate of drug-likeness (QED) is 0.464. The molecule has 0 aromatic heterocycles. The van der Waals surface area contributed by atoms with Crippen LogP contribution in [-0.4, -0.2) is 44.9 Å². The third kappa shape index (κ3) is 5.40. The molecule has 0 aliphatic carbocycles. The normalized spacial score (nSPS) is 18.8. The van der Waals surface area contributed by atoms with E-state index in [9.17, 15) is 4.79 Å². The molecule has 0 spiro atoms. The Morgan fingerprint density at radius 1 is 1.53 bits per heavy atom. The van der Waals surface area contributed by atoms with Crippen LogP contribution in [0.3, 0.4) is 0 Å². The third-order valence-electron chi connectivity index (χ3n) is 2.19. The summed E-state index contributed by atoms with van der Waals surface area (Å²) in [5.74, 6) is 5.67. The first kappa shape index (κ1) is 12.0. The van der Waals surface area contributed by atoms with Gasteiger partial charge < -0.3 is 14.4 Å². The Bertz CT molecular complexity index is 261. The topological polar surface area (TPSA) is 40.0 Å². The number of carbonyl (C=O) groups excluding carboxylic acids is 1. The average molecular weight is 212 g/mol.